The minimum absolute atomic E-state index is 0.454. The van der Waals surface area contributed by atoms with Gasteiger partial charge < -0.3 is 0 Å². The molecule has 0 radical (unpaired) electrons. The van der Waals surface area contributed by atoms with Gasteiger partial charge in [0.2, 0.25) is 0 Å². The van der Waals surface area contributed by atoms with Crippen LogP contribution in [-0.2, 0) is 0 Å². The Morgan fingerprint density at radius 1 is 1.25 bits per heavy atom. The fraction of sp³-hybridized carbons (Fsp3) is 0.455. The van der Waals surface area contributed by atoms with Crippen molar-refractivity contribution in [3.63, 3.8) is 0 Å². The number of imidazole rings is 1. The third kappa shape index (κ3) is 3.46. The van der Waals surface area contributed by atoms with E-state index < -0.39 is 0 Å². The average Bonchev–Trinajstić information content (AvgIpc) is 2.67. The highest BCUT2D eigenvalue weighted by Crippen LogP contribution is 2.19. The fourth-order valence-electron chi connectivity index (χ4n) is 1.01. The predicted octanol–water partition coefficient (Wildman–Crippen LogP) is 4.51. The molecule has 16 heavy (non-hydrogen) atoms. The lowest BCUT2D eigenvalue weighted by Gasteiger charge is -1.97. The Kier molecular flexibility index (Phi) is 7.34. The van der Waals surface area contributed by atoms with Gasteiger partial charge in [-0.25, -0.2) is 9.50 Å². The summed E-state index contributed by atoms with van der Waals surface area (Å²) in [4.78, 5) is 4.15. The molecule has 0 saturated carbocycles. The van der Waals surface area contributed by atoms with E-state index in [4.69, 9.17) is 11.6 Å². The summed E-state index contributed by atoms with van der Waals surface area (Å²) in [5.41, 5.74) is 1.75. The first-order chi connectivity index (χ1) is 7.68. The van der Waals surface area contributed by atoms with Crippen molar-refractivity contribution < 1.29 is 0 Å². The van der Waals surface area contributed by atoms with Crippen molar-refractivity contribution in [1.29, 1.82) is 0 Å². The molecule has 0 fully saturated rings. The molecule has 0 bridgehead atoms. The van der Waals surface area contributed by atoms with Gasteiger partial charge in [-0.05, 0) is 28.9 Å². The van der Waals surface area contributed by atoms with Crippen LogP contribution in [0.1, 0.15) is 33.4 Å². The molecule has 3 nitrogen and oxygen atoms in total. The van der Waals surface area contributed by atoms with Crippen molar-refractivity contribution in [3.05, 3.63) is 27.6 Å². The first-order valence-electron chi connectivity index (χ1n) is 5.35. The lowest BCUT2D eigenvalue weighted by atomic mass is 10.5. The fourth-order valence-corrected chi connectivity index (χ4v) is 1.82. The van der Waals surface area contributed by atoms with Crippen molar-refractivity contribution in [1.82, 2.24) is 14.6 Å². The minimum Gasteiger partial charge on any atom is -0.234 e. The molecule has 0 aliphatic heterocycles. The van der Waals surface area contributed by atoms with Crippen LogP contribution in [0.5, 0.6) is 0 Å². The average molecular weight is 307 g/mol. The molecule has 2 aromatic heterocycles. The van der Waals surface area contributed by atoms with Gasteiger partial charge in [-0.3, -0.25) is 0 Å². The smallest absolute Gasteiger partial charge is 0.168 e. The summed E-state index contributed by atoms with van der Waals surface area (Å²) in [5, 5.41) is 4.54. The summed E-state index contributed by atoms with van der Waals surface area (Å²) >= 11 is 9.12. The molecule has 0 spiro atoms. The highest BCUT2D eigenvalue weighted by atomic mass is 79.9. The molecule has 0 unspecified atom stereocenters. The molecular formula is C11H17BrClN3. The van der Waals surface area contributed by atoms with Crippen LogP contribution in [0.4, 0.5) is 0 Å². The quantitative estimate of drug-likeness (QED) is 0.717. The molecule has 2 rings (SSSR count). The number of fused-ring (bicyclic) bond motifs is 1. The van der Waals surface area contributed by atoms with E-state index in [1.807, 2.05) is 34.6 Å². The van der Waals surface area contributed by atoms with Gasteiger partial charge in [-0.15, -0.1) is 0 Å². The van der Waals surface area contributed by atoms with E-state index in [1.165, 1.54) is 0 Å². The van der Waals surface area contributed by atoms with Gasteiger partial charge in [0.05, 0.1) is 16.4 Å². The molecule has 0 N–H and O–H groups in total. The SMILES string of the molecule is CC.CC.Cc1cnc2c(Br)cc(Cl)nn12. The Hall–Kier alpha value is -0.610. The van der Waals surface area contributed by atoms with Gasteiger partial charge in [-0.2, -0.15) is 5.10 Å². The van der Waals surface area contributed by atoms with Crippen LogP contribution in [0.2, 0.25) is 5.15 Å². The van der Waals surface area contributed by atoms with Crippen molar-refractivity contribution in [2.75, 3.05) is 0 Å². The predicted molar refractivity (Wildman–Crippen MR) is 73.1 cm³/mol. The van der Waals surface area contributed by atoms with Gasteiger partial charge in [0.1, 0.15) is 0 Å². The summed E-state index contributed by atoms with van der Waals surface area (Å²) in [6, 6.07) is 1.73. The molecule has 0 aliphatic carbocycles. The second-order valence-corrected chi connectivity index (χ2v) is 3.69. The highest BCUT2D eigenvalue weighted by Gasteiger charge is 2.05. The molecule has 2 heterocycles. The summed E-state index contributed by atoms with van der Waals surface area (Å²) in [6.07, 6.45) is 1.75. The number of hydrogen-bond acceptors (Lipinski definition) is 2. The van der Waals surface area contributed by atoms with E-state index in [0.29, 0.717) is 5.15 Å². The number of halogens is 2. The molecule has 0 saturated heterocycles. The maximum Gasteiger partial charge on any atom is 0.168 e. The van der Waals surface area contributed by atoms with E-state index >= 15 is 0 Å². The number of aromatic nitrogens is 3. The van der Waals surface area contributed by atoms with Gasteiger partial charge in [0, 0.05) is 0 Å². The summed E-state index contributed by atoms with van der Waals surface area (Å²) in [5.74, 6) is 0. The second kappa shape index (κ2) is 7.63. The number of aryl methyl sites for hydroxylation is 1. The maximum atomic E-state index is 5.76. The molecular weight excluding hydrogens is 289 g/mol. The Morgan fingerprint density at radius 2 is 1.81 bits per heavy atom. The molecule has 0 aromatic carbocycles. The van der Waals surface area contributed by atoms with E-state index in [-0.39, 0.29) is 0 Å². The van der Waals surface area contributed by atoms with E-state index in [2.05, 4.69) is 26.0 Å². The molecule has 0 atom stereocenters. The first-order valence-corrected chi connectivity index (χ1v) is 6.52. The second-order valence-electron chi connectivity index (χ2n) is 2.45. The third-order valence-corrected chi connectivity index (χ3v) is 2.33. The van der Waals surface area contributed by atoms with Gasteiger partial charge in [-0.1, -0.05) is 39.3 Å². The standard InChI is InChI=1S/C7H5BrClN3.2C2H6/c1-4-3-10-7-5(8)2-6(9)11-12(4)7;2*1-2/h2-3H,1H3;2*1-2H3. The largest absolute Gasteiger partial charge is 0.234 e. The molecule has 2 aromatic rings. The van der Waals surface area contributed by atoms with Crippen LogP contribution in [0.3, 0.4) is 0 Å². The Labute approximate surface area is 110 Å². The number of rotatable bonds is 0. The summed E-state index contributed by atoms with van der Waals surface area (Å²) in [6.45, 7) is 9.93. The Morgan fingerprint density at radius 3 is 2.38 bits per heavy atom. The Bertz CT molecular complexity index is 440. The van der Waals surface area contributed by atoms with Gasteiger partial charge >= 0.3 is 0 Å². The number of nitrogens with zero attached hydrogens (tertiary/aromatic N) is 3. The topological polar surface area (TPSA) is 30.2 Å². The highest BCUT2D eigenvalue weighted by molar-refractivity contribution is 9.10. The normalized spacial score (nSPS) is 8.94. The molecule has 5 heteroatoms. The lowest BCUT2D eigenvalue weighted by molar-refractivity contribution is 0.896. The van der Waals surface area contributed by atoms with E-state index in [1.54, 1.807) is 16.8 Å². The van der Waals surface area contributed by atoms with Crippen molar-refractivity contribution in [2.24, 2.45) is 0 Å². The zero-order valence-corrected chi connectivity index (χ0v) is 12.6. The van der Waals surface area contributed by atoms with Gasteiger partial charge in [0.25, 0.3) is 0 Å². The van der Waals surface area contributed by atoms with Crippen molar-refractivity contribution in [3.8, 4) is 0 Å². The third-order valence-electron chi connectivity index (χ3n) is 1.56. The zero-order chi connectivity index (χ0) is 12.7. The lowest BCUT2D eigenvalue weighted by Crippen LogP contribution is -1.94. The van der Waals surface area contributed by atoms with Crippen molar-refractivity contribution in [2.45, 2.75) is 34.6 Å². The van der Waals surface area contributed by atoms with E-state index in [9.17, 15) is 0 Å². The van der Waals surface area contributed by atoms with Crippen molar-refractivity contribution >= 4 is 33.2 Å². The minimum atomic E-state index is 0.454. The van der Waals surface area contributed by atoms with Crippen LogP contribution < -0.4 is 0 Å². The van der Waals surface area contributed by atoms with Crippen LogP contribution >= 0.6 is 27.5 Å². The summed E-state index contributed by atoms with van der Waals surface area (Å²) in [7, 11) is 0. The number of hydrogen-bond donors (Lipinski definition) is 0. The summed E-state index contributed by atoms with van der Waals surface area (Å²) < 4.78 is 2.56. The molecule has 90 valence electrons. The van der Waals surface area contributed by atoms with Gasteiger partial charge in [0.15, 0.2) is 10.8 Å². The van der Waals surface area contributed by atoms with Crippen LogP contribution in [0, 0.1) is 6.92 Å². The van der Waals surface area contributed by atoms with Crippen LogP contribution in [0.25, 0.3) is 5.65 Å². The molecule has 0 aliphatic rings. The van der Waals surface area contributed by atoms with E-state index in [0.717, 1.165) is 15.8 Å². The molecule has 0 amide bonds. The monoisotopic (exact) mass is 305 g/mol. The maximum absolute atomic E-state index is 5.76. The van der Waals surface area contributed by atoms with Crippen LogP contribution in [0.15, 0.2) is 16.7 Å². The zero-order valence-electron chi connectivity index (χ0n) is 10.3. The first kappa shape index (κ1) is 15.4. The van der Waals surface area contributed by atoms with Crippen LogP contribution in [-0.4, -0.2) is 14.6 Å². The Balaban J connectivity index is 0.000000509.